The van der Waals surface area contributed by atoms with Crippen LogP contribution in [0.15, 0.2) is 24.3 Å². The number of carbonyl (C=O) groups is 1. The van der Waals surface area contributed by atoms with E-state index in [-0.39, 0.29) is 11.9 Å². The summed E-state index contributed by atoms with van der Waals surface area (Å²) in [7, 11) is 0. The molecule has 0 fully saturated rings. The van der Waals surface area contributed by atoms with Gasteiger partial charge in [-0.25, -0.2) is 0 Å². The summed E-state index contributed by atoms with van der Waals surface area (Å²) in [5.41, 5.74) is 6.35. The highest BCUT2D eigenvalue weighted by Crippen LogP contribution is 2.21. The lowest BCUT2D eigenvalue weighted by Gasteiger charge is -2.16. The largest absolute Gasteiger partial charge is 0.348 e. The minimum absolute atomic E-state index is 0.128. The zero-order chi connectivity index (χ0) is 11.4. The molecular formula is C11H15ClN2O. The highest BCUT2D eigenvalue weighted by atomic mass is 35.5. The number of carbonyl (C=O) groups excluding carboxylic acids is 1. The van der Waals surface area contributed by atoms with Crippen molar-refractivity contribution >= 4 is 17.5 Å². The Morgan fingerprint density at radius 1 is 1.40 bits per heavy atom. The molecule has 0 saturated carbocycles. The van der Waals surface area contributed by atoms with E-state index >= 15 is 0 Å². The normalized spacial score (nSPS) is 14.4. The van der Waals surface area contributed by atoms with E-state index in [4.69, 9.17) is 17.3 Å². The highest BCUT2D eigenvalue weighted by molar-refractivity contribution is 6.31. The summed E-state index contributed by atoms with van der Waals surface area (Å²) in [6.45, 7) is 3.52. The third kappa shape index (κ3) is 3.22. The number of rotatable bonds is 3. The van der Waals surface area contributed by atoms with Gasteiger partial charge in [0.15, 0.2) is 0 Å². The molecule has 0 aliphatic heterocycles. The monoisotopic (exact) mass is 226 g/mol. The molecule has 0 bridgehead atoms. The molecule has 0 aliphatic rings. The van der Waals surface area contributed by atoms with Gasteiger partial charge in [0.2, 0.25) is 5.91 Å². The van der Waals surface area contributed by atoms with Crippen molar-refractivity contribution in [2.45, 2.75) is 25.9 Å². The van der Waals surface area contributed by atoms with Crippen LogP contribution in [0.5, 0.6) is 0 Å². The Bertz CT molecular complexity index is 352. The number of hydrogen-bond donors (Lipinski definition) is 2. The van der Waals surface area contributed by atoms with E-state index < -0.39 is 6.04 Å². The summed E-state index contributed by atoms with van der Waals surface area (Å²) in [5.74, 6) is -0.178. The summed E-state index contributed by atoms with van der Waals surface area (Å²) in [6, 6.07) is 6.79. The molecule has 1 aromatic rings. The predicted molar refractivity (Wildman–Crippen MR) is 61.7 cm³/mol. The third-order valence-electron chi connectivity index (χ3n) is 2.14. The predicted octanol–water partition coefficient (Wildman–Crippen LogP) is 1.86. The quantitative estimate of drug-likeness (QED) is 0.827. The van der Waals surface area contributed by atoms with Gasteiger partial charge in [0, 0.05) is 5.02 Å². The number of hydrogen-bond acceptors (Lipinski definition) is 2. The molecule has 3 nitrogen and oxygen atoms in total. The number of benzene rings is 1. The van der Waals surface area contributed by atoms with Gasteiger partial charge in [-0.2, -0.15) is 0 Å². The molecule has 15 heavy (non-hydrogen) atoms. The van der Waals surface area contributed by atoms with Gasteiger partial charge >= 0.3 is 0 Å². The molecule has 0 spiro atoms. The SMILES string of the molecule is CC(NC(=O)[C@H](C)N)c1ccccc1Cl. The fraction of sp³-hybridized carbons (Fsp3) is 0.364. The fourth-order valence-corrected chi connectivity index (χ4v) is 1.55. The topological polar surface area (TPSA) is 55.1 Å². The lowest BCUT2D eigenvalue weighted by molar-refractivity contribution is -0.122. The molecule has 0 aromatic heterocycles. The number of nitrogens with one attached hydrogen (secondary N) is 1. The van der Waals surface area contributed by atoms with Crippen LogP contribution in [0.1, 0.15) is 25.5 Å². The van der Waals surface area contributed by atoms with Crippen molar-refractivity contribution in [2.75, 3.05) is 0 Å². The molecule has 0 heterocycles. The maximum atomic E-state index is 11.4. The molecule has 0 radical (unpaired) electrons. The molecule has 82 valence electrons. The van der Waals surface area contributed by atoms with E-state index in [1.165, 1.54) is 0 Å². The van der Waals surface area contributed by atoms with E-state index in [1.54, 1.807) is 13.0 Å². The zero-order valence-corrected chi connectivity index (χ0v) is 9.58. The van der Waals surface area contributed by atoms with Crippen molar-refractivity contribution in [2.24, 2.45) is 5.73 Å². The van der Waals surface area contributed by atoms with Crippen molar-refractivity contribution < 1.29 is 4.79 Å². The Balaban J connectivity index is 2.73. The van der Waals surface area contributed by atoms with E-state index in [1.807, 2.05) is 25.1 Å². The maximum Gasteiger partial charge on any atom is 0.237 e. The van der Waals surface area contributed by atoms with Gasteiger partial charge in [0.1, 0.15) is 0 Å². The molecule has 4 heteroatoms. The van der Waals surface area contributed by atoms with Gasteiger partial charge in [0.05, 0.1) is 12.1 Å². The van der Waals surface area contributed by atoms with Crippen LogP contribution in [-0.4, -0.2) is 11.9 Å². The van der Waals surface area contributed by atoms with E-state index in [2.05, 4.69) is 5.32 Å². The van der Waals surface area contributed by atoms with Gasteiger partial charge in [-0.3, -0.25) is 4.79 Å². The van der Waals surface area contributed by atoms with Gasteiger partial charge < -0.3 is 11.1 Å². The summed E-state index contributed by atoms with van der Waals surface area (Å²) in [6.07, 6.45) is 0. The Morgan fingerprint density at radius 3 is 2.53 bits per heavy atom. The summed E-state index contributed by atoms with van der Waals surface area (Å²) in [4.78, 5) is 11.4. The van der Waals surface area contributed by atoms with Crippen LogP contribution in [0, 0.1) is 0 Å². The first-order valence-electron chi connectivity index (χ1n) is 4.82. The van der Waals surface area contributed by atoms with Crippen LogP contribution in [0.3, 0.4) is 0 Å². The van der Waals surface area contributed by atoms with Gasteiger partial charge in [-0.15, -0.1) is 0 Å². The Hall–Kier alpha value is -1.06. The molecule has 1 amide bonds. The zero-order valence-electron chi connectivity index (χ0n) is 8.83. The van der Waals surface area contributed by atoms with Crippen LogP contribution in [0.25, 0.3) is 0 Å². The molecule has 1 unspecified atom stereocenters. The van der Waals surface area contributed by atoms with E-state index in [0.29, 0.717) is 5.02 Å². The molecular weight excluding hydrogens is 212 g/mol. The van der Waals surface area contributed by atoms with Crippen molar-refractivity contribution in [1.82, 2.24) is 5.32 Å². The van der Waals surface area contributed by atoms with E-state index in [0.717, 1.165) is 5.56 Å². The average molecular weight is 227 g/mol. The molecule has 0 aliphatic carbocycles. The number of amides is 1. The van der Waals surface area contributed by atoms with Crippen LogP contribution in [0.2, 0.25) is 5.02 Å². The van der Waals surface area contributed by atoms with Crippen molar-refractivity contribution in [1.29, 1.82) is 0 Å². The van der Waals surface area contributed by atoms with Crippen LogP contribution in [-0.2, 0) is 4.79 Å². The van der Waals surface area contributed by atoms with Gasteiger partial charge in [0.25, 0.3) is 0 Å². The Labute approximate surface area is 94.6 Å². The first-order chi connectivity index (χ1) is 7.02. The Morgan fingerprint density at radius 2 is 2.00 bits per heavy atom. The minimum atomic E-state index is -0.505. The molecule has 1 rings (SSSR count). The standard InChI is InChI=1S/C11H15ClN2O/c1-7(13)11(15)14-8(2)9-5-3-4-6-10(9)12/h3-8H,13H2,1-2H3,(H,14,15)/t7-,8?/m0/s1. The van der Waals surface area contributed by atoms with Crippen LogP contribution < -0.4 is 11.1 Å². The second kappa shape index (κ2) is 5.14. The fourth-order valence-electron chi connectivity index (χ4n) is 1.25. The summed E-state index contributed by atoms with van der Waals surface area (Å²) in [5, 5.41) is 3.44. The molecule has 1 aromatic carbocycles. The third-order valence-corrected chi connectivity index (χ3v) is 2.49. The molecule has 3 N–H and O–H groups in total. The van der Waals surface area contributed by atoms with Gasteiger partial charge in [-0.05, 0) is 25.5 Å². The lowest BCUT2D eigenvalue weighted by atomic mass is 10.1. The summed E-state index contributed by atoms with van der Waals surface area (Å²) < 4.78 is 0. The average Bonchev–Trinajstić information content (AvgIpc) is 2.18. The van der Waals surface area contributed by atoms with Gasteiger partial charge in [-0.1, -0.05) is 29.8 Å². The number of nitrogens with two attached hydrogens (primary N) is 1. The van der Waals surface area contributed by atoms with Crippen LogP contribution >= 0.6 is 11.6 Å². The van der Waals surface area contributed by atoms with Crippen LogP contribution in [0.4, 0.5) is 0 Å². The smallest absolute Gasteiger partial charge is 0.237 e. The number of halogens is 1. The van der Waals surface area contributed by atoms with E-state index in [9.17, 15) is 4.79 Å². The lowest BCUT2D eigenvalue weighted by Crippen LogP contribution is -2.39. The summed E-state index contributed by atoms with van der Waals surface area (Å²) >= 11 is 6.00. The maximum absolute atomic E-state index is 11.4. The molecule has 2 atom stereocenters. The first-order valence-corrected chi connectivity index (χ1v) is 5.20. The minimum Gasteiger partial charge on any atom is -0.348 e. The molecule has 0 saturated heterocycles. The second-order valence-electron chi connectivity index (χ2n) is 3.54. The Kier molecular flexibility index (Phi) is 4.12. The first kappa shape index (κ1) is 12.0. The van der Waals surface area contributed by atoms with Crippen molar-refractivity contribution in [3.8, 4) is 0 Å². The van der Waals surface area contributed by atoms with Crippen molar-refractivity contribution in [3.63, 3.8) is 0 Å². The second-order valence-corrected chi connectivity index (χ2v) is 3.95. The highest BCUT2D eigenvalue weighted by Gasteiger charge is 2.14. The van der Waals surface area contributed by atoms with Crippen molar-refractivity contribution in [3.05, 3.63) is 34.9 Å².